The number of halogens is 1. The van der Waals surface area contributed by atoms with E-state index in [1.165, 1.54) is 0 Å². The van der Waals surface area contributed by atoms with Crippen LogP contribution in [0.15, 0.2) is 36.5 Å². The molecule has 0 bridgehead atoms. The summed E-state index contributed by atoms with van der Waals surface area (Å²) in [5.41, 5.74) is 2.52. The van der Waals surface area contributed by atoms with Gasteiger partial charge < -0.3 is 5.11 Å². The number of pyridine rings is 1. The van der Waals surface area contributed by atoms with E-state index < -0.39 is 5.97 Å². The van der Waals surface area contributed by atoms with Gasteiger partial charge in [0.1, 0.15) is 0 Å². The molecule has 1 heterocycles. The number of aromatic nitrogens is 1. The van der Waals surface area contributed by atoms with E-state index in [0.717, 1.165) is 16.8 Å². The second kappa shape index (κ2) is 4.55. The van der Waals surface area contributed by atoms with E-state index in [2.05, 4.69) is 4.98 Å². The molecule has 0 amide bonds. The second-order valence-corrected chi connectivity index (χ2v) is 4.07. The molecule has 0 spiro atoms. The van der Waals surface area contributed by atoms with Gasteiger partial charge in [0.05, 0.1) is 16.3 Å². The summed E-state index contributed by atoms with van der Waals surface area (Å²) in [5.74, 6) is -1.04. The maximum atomic E-state index is 11.0. The van der Waals surface area contributed by atoms with Crippen LogP contribution < -0.4 is 0 Å². The molecule has 0 unspecified atom stereocenters. The zero-order chi connectivity index (χ0) is 12.4. The third-order valence-electron chi connectivity index (χ3n) is 2.49. The van der Waals surface area contributed by atoms with Crippen molar-refractivity contribution in [2.75, 3.05) is 0 Å². The Bertz CT molecular complexity index is 567. The van der Waals surface area contributed by atoms with E-state index in [9.17, 15) is 4.79 Å². The predicted molar refractivity (Wildman–Crippen MR) is 66.4 cm³/mol. The van der Waals surface area contributed by atoms with Gasteiger partial charge in [-0.2, -0.15) is 0 Å². The minimum Gasteiger partial charge on any atom is -0.478 e. The topological polar surface area (TPSA) is 50.2 Å². The Hall–Kier alpha value is -1.87. The van der Waals surface area contributed by atoms with Crippen molar-refractivity contribution < 1.29 is 9.90 Å². The Morgan fingerprint density at radius 2 is 2.12 bits per heavy atom. The van der Waals surface area contributed by atoms with Crippen LogP contribution in [0.5, 0.6) is 0 Å². The Morgan fingerprint density at radius 1 is 1.35 bits per heavy atom. The van der Waals surface area contributed by atoms with Gasteiger partial charge in [0, 0.05) is 11.8 Å². The summed E-state index contributed by atoms with van der Waals surface area (Å²) < 4.78 is 0. The lowest BCUT2D eigenvalue weighted by atomic mass is 10.0. The summed E-state index contributed by atoms with van der Waals surface area (Å²) in [7, 11) is 0. The normalized spacial score (nSPS) is 10.2. The Kier molecular flexibility index (Phi) is 3.11. The smallest absolute Gasteiger partial charge is 0.337 e. The van der Waals surface area contributed by atoms with Crippen molar-refractivity contribution in [2.24, 2.45) is 0 Å². The van der Waals surface area contributed by atoms with Crippen LogP contribution in [0, 0.1) is 6.92 Å². The van der Waals surface area contributed by atoms with E-state index in [-0.39, 0.29) is 10.6 Å². The van der Waals surface area contributed by atoms with Crippen LogP contribution in [0.3, 0.4) is 0 Å². The Labute approximate surface area is 104 Å². The van der Waals surface area contributed by atoms with Crippen molar-refractivity contribution in [3.63, 3.8) is 0 Å². The van der Waals surface area contributed by atoms with Crippen LogP contribution in [0.1, 0.15) is 15.9 Å². The summed E-state index contributed by atoms with van der Waals surface area (Å²) >= 11 is 5.88. The molecule has 3 nitrogen and oxygen atoms in total. The van der Waals surface area contributed by atoms with Gasteiger partial charge in [0.25, 0.3) is 0 Å². The van der Waals surface area contributed by atoms with Crippen LogP contribution in [0.4, 0.5) is 0 Å². The van der Waals surface area contributed by atoms with Gasteiger partial charge in [-0.3, -0.25) is 4.98 Å². The molecule has 1 N–H and O–H groups in total. The molecule has 2 aromatic rings. The van der Waals surface area contributed by atoms with Gasteiger partial charge in [-0.05, 0) is 36.8 Å². The molecule has 0 saturated carbocycles. The fraction of sp³-hybridized carbons (Fsp3) is 0.0769. The zero-order valence-electron chi connectivity index (χ0n) is 9.14. The molecule has 1 aromatic heterocycles. The number of aryl methyl sites for hydroxylation is 1. The van der Waals surface area contributed by atoms with E-state index in [0.29, 0.717) is 0 Å². The first kappa shape index (κ1) is 11.6. The molecule has 0 fully saturated rings. The van der Waals surface area contributed by atoms with Crippen LogP contribution in [0.2, 0.25) is 5.02 Å². The van der Waals surface area contributed by atoms with Gasteiger partial charge in [-0.25, -0.2) is 4.79 Å². The fourth-order valence-electron chi connectivity index (χ4n) is 1.63. The third-order valence-corrected chi connectivity index (χ3v) is 2.80. The standard InChI is InChI=1S/C13H10ClNO2/c1-8-6-11(14)10(13(16)17)7-9(8)12-4-2-3-5-15-12/h2-7H,1H3,(H,16,17). The number of carboxylic acids is 1. The lowest BCUT2D eigenvalue weighted by Crippen LogP contribution is -1.99. The first-order chi connectivity index (χ1) is 8.09. The molecule has 0 aliphatic heterocycles. The first-order valence-corrected chi connectivity index (χ1v) is 5.42. The molecule has 0 radical (unpaired) electrons. The second-order valence-electron chi connectivity index (χ2n) is 3.67. The van der Waals surface area contributed by atoms with Crippen LogP contribution in [-0.4, -0.2) is 16.1 Å². The number of hydrogen-bond acceptors (Lipinski definition) is 2. The lowest BCUT2D eigenvalue weighted by molar-refractivity contribution is 0.0697. The highest BCUT2D eigenvalue weighted by Crippen LogP contribution is 2.27. The molecule has 0 saturated heterocycles. The number of aromatic carboxylic acids is 1. The maximum Gasteiger partial charge on any atom is 0.337 e. The molecule has 17 heavy (non-hydrogen) atoms. The highest BCUT2D eigenvalue weighted by atomic mass is 35.5. The third kappa shape index (κ3) is 2.29. The van der Waals surface area contributed by atoms with Crippen LogP contribution in [-0.2, 0) is 0 Å². The van der Waals surface area contributed by atoms with E-state index in [1.807, 2.05) is 25.1 Å². The minimum absolute atomic E-state index is 0.0953. The average Bonchev–Trinajstić information content (AvgIpc) is 2.29. The van der Waals surface area contributed by atoms with Crippen molar-refractivity contribution in [3.8, 4) is 11.3 Å². The van der Waals surface area contributed by atoms with Crippen molar-refractivity contribution in [2.45, 2.75) is 6.92 Å². The Morgan fingerprint density at radius 3 is 2.71 bits per heavy atom. The van der Waals surface area contributed by atoms with Gasteiger partial charge >= 0.3 is 5.97 Å². The van der Waals surface area contributed by atoms with Crippen molar-refractivity contribution in [1.29, 1.82) is 0 Å². The molecular formula is C13H10ClNO2. The fourth-order valence-corrected chi connectivity index (χ4v) is 1.93. The van der Waals surface area contributed by atoms with Crippen LogP contribution in [0.25, 0.3) is 11.3 Å². The van der Waals surface area contributed by atoms with Crippen LogP contribution >= 0.6 is 11.6 Å². The van der Waals surface area contributed by atoms with Crippen molar-refractivity contribution >= 4 is 17.6 Å². The monoisotopic (exact) mass is 247 g/mol. The summed E-state index contributed by atoms with van der Waals surface area (Å²) in [5, 5.41) is 9.27. The molecule has 0 atom stereocenters. The molecule has 86 valence electrons. The molecule has 0 aliphatic rings. The highest BCUT2D eigenvalue weighted by molar-refractivity contribution is 6.33. The lowest BCUT2D eigenvalue weighted by Gasteiger charge is -2.08. The molecule has 4 heteroatoms. The number of carboxylic acid groups (broad SMARTS) is 1. The quantitative estimate of drug-likeness (QED) is 0.885. The van der Waals surface area contributed by atoms with Gasteiger partial charge in [0.2, 0.25) is 0 Å². The Balaban J connectivity index is 2.63. The molecular weight excluding hydrogens is 238 g/mol. The van der Waals surface area contributed by atoms with Crippen molar-refractivity contribution in [3.05, 3.63) is 52.7 Å². The summed E-state index contributed by atoms with van der Waals surface area (Å²) in [6.07, 6.45) is 1.67. The molecule has 1 aromatic carbocycles. The predicted octanol–water partition coefficient (Wildman–Crippen LogP) is 3.41. The maximum absolute atomic E-state index is 11.0. The zero-order valence-corrected chi connectivity index (χ0v) is 9.90. The summed E-state index contributed by atoms with van der Waals surface area (Å²) in [4.78, 5) is 15.2. The first-order valence-electron chi connectivity index (χ1n) is 5.04. The summed E-state index contributed by atoms with van der Waals surface area (Å²) in [6.45, 7) is 1.88. The van der Waals surface area contributed by atoms with Gasteiger partial charge in [-0.15, -0.1) is 0 Å². The van der Waals surface area contributed by atoms with Gasteiger partial charge in [-0.1, -0.05) is 17.7 Å². The largest absolute Gasteiger partial charge is 0.478 e. The highest BCUT2D eigenvalue weighted by Gasteiger charge is 2.13. The van der Waals surface area contributed by atoms with Crippen molar-refractivity contribution in [1.82, 2.24) is 4.98 Å². The molecule has 2 rings (SSSR count). The number of rotatable bonds is 2. The number of benzene rings is 1. The number of nitrogens with zero attached hydrogens (tertiary/aromatic N) is 1. The minimum atomic E-state index is -1.04. The van der Waals surface area contributed by atoms with E-state index in [4.69, 9.17) is 16.7 Å². The van der Waals surface area contributed by atoms with E-state index >= 15 is 0 Å². The number of hydrogen-bond donors (Lipinski definition) is 1. The number of carbonyl (C=O) groups is 1. The van der Waals surface area contributed by atoms with Gasteiger partial charge in [0.15, 0.2) is 0 Å². The average molecular weight is 248 g/mol. The summed E-state index contributed by atoms with van der Waals surface area (Å²) in [6, 6.07) is 8.71. The molecule has 0 aliphatic carbocycles. The van der Waals surface area contributed by atoms with E-state index in [1.54, 1.807) is 18.3 Å². The SMILES string of the molecule is Cc1cc(Cl)c(C(=O)O)cc1-c1ccccn1.